The van der Waals surface area contributed by atoms with Gasteiger partial charge in [0.2, 0.25) is 0 Å². The van der Waals surface area contributed by atoms with Crippen LogP contribution in [-0.2, 0) is 5.41 Å². The number of rotatable bonds is 10. The maximum absolute atomic E-state index is 2.71. The van der Waals surface area contributed by atoms with E-state index in [0.29, 0.717) is 12.1 Å². The molecule has 10 rings (SSSR count). The molecule has 0 aliphatic heterocycles. The van der Waals surface area contributed by atoms with Crippen molar-refractivity contribution in [1.29, 1.82) is 0 Å². The van der Waals surface area contributed by atoms with Crippen LogP contribution in [0.15, 0.2) is 188 Å². The van der Waals surface area contributed by atoms with Crippen LogP contribution in [0.2, 0.25) is 0 Å². The largest absolute Gasteiger partial charge is 0.358 e. The molecule has 294 valence electrons. The highest BCUT2D eigenvalue weighted by Gasteiger charge is 2.41. The molecule has 60 heavy (non-hydrogen) atoms. The molecule has 0 saturated heterocycles. The Morgan fingerprint density at radius 3 is 2.03 bits per heavy atom. The van der Waals surface area contributed by atoms with Crippen LogP contribution in [0.5, 0.6) is 0 Å². The Morgan fingerprint density at radius 2 is 1.25 bits per heavy atom. The summed E-state index contributed by atoms with van der Waals surface area (Å²) in [6, 6.07) is 57.5. The van der Waals surface area contributed by atoms with Crippen LogP contribution in [0.3, 0.4) is 0 Å². The zero-order valence-corrected chi connectivity index (χ0v) is 34.9. The SMILES string of the molecule is CCC1(CC)c2cc(/C=C/c3ccc(-c4cc(-c5ccccc5)ccc4-c4cccc5ccccc45)cc3)ccc2-c2ccc(N(C3C=CC=CC3)C3C=CCCC3)cc21. The third kappa shape index (κ3) is 6.87. The first-order chi connectivity index (χ1) is 29.6. The molecule has 3 aliphatic carbocycles. The third-order valence-corrected chi connectivity index (χ3v) is 13.7. The van der Waals surface area contributed by atoms with E-state index in [1.54, 1.807) is 0 Å². The fraction of sp³-hybridized carbons (Fsp3) is 0.186. The minimum absolute atomic E-state index is 0.0152. The molecule has 0 bridgehead atoms. The molecule has 0 heterocycles. The Morgan fingerprint density at radius 1 is 0.533 bits per heavy atom. The van der Waals surface area contributed by atoms with Crippen molar-refractivity contribution in [3.8, 4) is 44.5 Å². The third-order valence-electron chi connectivity index (χ3n) is 13.7. The van der Waals surface area contributed by atoms with Gasteiger partial charge in [-0.1, -0.05) is 196 Å². The number of nitrogens with zero attached hydrogens (tertiary/aromatic N) is 1. The Hall–Kier alpha value is -6.44. The number of anilines is 1. The summed E-state index contributed by atoms with van der Waals surface area (Å²) in [7, 11) is 0. The summed E-state index contributed by atoms with van der Waals surface area (Å²) in [5.74, 6) is 0. The lowest BCUT2D eigenvalue weighted by Crippen LogP contribution is -2.42. The Bertz CT molecular complexity index is 2790. The summed E-state index contributed by atoms with van der Waals surface area (Å²) in [5.41, 5.74) is 17.0. The molecule has 1 heteroatoms. The smallest absolute Gasteiger partial charge is 0.0516 e. The van der Waals surface area contributed by atoms with Gasteiger partial charge in [0.15, 0.2) is 0 Å². The van der Waals surface area contributed by atoms with Crippen LogP contribution in [0, 0.1) is 0 Å². The van der Waals surface area contributed by atoms with Gasteiger partial charge in [0.25, 0.3) is 0 Å². The molecule has 0 fully saturated rings. The molecule has 7 aromatic rings. The number of allylic oxidation sites excluding steroid dienone is 3. The topological polar surface area (TPSA) is 3.24 Å². The van der Waals surface area contributed by atoms with E-state index in [4.69, 9.17) is 0 Å². The highest BCUT2D eigenvalue weighted by Crippen LogP contribution is 2.54. The van der Waals surface area contributed by atoms with Gasteiger partial charge in [0.05, 0.1) is 6.04 Å². The Balaban J connectivity index is 0.966. The number of fused-ring (bicyclic) bond motifs is 4. The summed E-state index contributed by atoms with van der Waals surface area (Å²) < 4.78 is 0. The molecule has 0 amide bonds. The van der Waals surface area contributed by atoms with Gasteiger partial charge in [-0.25, -0.2) is 0 Å². The van der Waals surface area contributed by atoms with Gasteiger partial charge in [-0.2, -0.15) is 0 Å². The summed E-state index contributed by atoms with van der Waals surface area (Å²) in [6.07, 6.45) is 25.4. The molecular weight excluding hydrogens is 723 g/mol. The molecule has 0 aromatic heterocycles. The molecule has 0 saturated carbocycles. The average molecular weight is 776 g/mol. The fourth-order valence-electron chi connectivity index (χ4n) is 10.5. The van der Waals surface area contributed by atoms with Crippen LogP contribution in [0.1, 0.15) is 74.6 Å². The van der Waals surface area contributed by atoms with E-state index in [9.17, 15) is 0 Å². The quantitative estimate of drug-likeness (QED) is 0.0988. The maximum atomic E-state index is 2.71. The van der Waals surface area contributed by atoms with E-state index < -0.39 is 0 Å². The molecule has 2 unspecified atom stereocenters. The minimum Gasteiger partial charge on any atom is -0.358 e. The van der Waals surface area contributed by atoms with Crippen molar-refractivity contribution >= 4 is 28.6 Å². The van der Waals surface area contributed by atoms with Crippen molar-refractivity contribution in [2.24, 2.45) is 0 Å². The van der Waals surface area contributed by atoms with Crippen molar-refractivity contribution in [1.82, 2.24) is 0 Å². The van der Waals surface area contributed by atoms with Gasteiger partial charge in [0, 0.05) is 17.1 Å². The first kappa shape index (κ1) is 37.8. The Labute approximate surface area is 356 Å². The van der Waals surface area contributed by atoms with Gasteiger partial charge < -0.3 is 4.90 Å². The van der Waals surface area contributed by atoms with E-state index in [1.165, 1.54) is 102 Å². The molecule has 0 spiro atoms. The second-order valence-corrected chi connectivity index (χ2v) is 16.9. The van der Waals surface area contributed by atoms with Crippen molar-refractivity contribution in [2.75, 3.05) is 4.90 Å². The van der Waals surface area contributed by atoms with E-state index in [1.807, 2.05) is 0 Å². The molecule has 7 aromatic carbocycles. The minimum atomic E-state index is -0.0152. The van der Waals surface area contributed by atoms with Crippen LogP contribution < -0.4 is 4.90 Å². The number of hydrogen-bond acceptors (Lipinski definition) is 1. The predicted molar refractivity (Wildman–Crippen MR) is 258 cm³/mol. The molecule has 0 N–H and O–H groups in total. The zero-order valence-electron chi connectivity index (χ0n) is 34.9. The lowest BCUT2D eigenvalue weighted by molar-refractivity contribution is 0.489. The van der Waals surface area contributed by atoms with Gasteiger partial charge in [0.1, 0.15) is 0 Å². The summed E-state index contributed by atoms with van der Waals surface area (Å²) >= 11 is 0. The van der Waals surface area contributed by atoms with Gasteiger partial charge >= 0.3 is 0 Å². The Kier molecular flexibility index (Phi) is 10.3. The predicted octanol–water partition coefficient (Wildman–Crippen LogP) is 15.9. The summed E-state index contributed by atoms with van der Waals surface area (Å²) in [4.78, 5) is 2.71. The maximum Gasteiger partial charge on any atom is 0.0516 e. The monoisotopic (exact) mass is 775 g/mol. The lowest BCUT2D eigenvalue weighted by Gasteiger charge is -2.40. The molecule has 2 atom stereocenters. The van der Waals surface area contributed by atoms with Gasteiger partial charge in [-0.05, 0) is 134 Å². The summed E-state index contributed by atoms with van der Waals surface area (Å²) in [5, 5.41) is 2.53. The highest BCUT2D eigenvalue weighted by molar-refractivity contribution is 6.01. The van der Waals surface area contributed by atoms with Crippen LogP contribution >= 0.6 is 0 Å². The van der Waals surface area contributed by atoms with Crippen molar-refractivity contribution < 1.29 is 0 Å². The van der Waals surface area contributed by atoms with Crippen LogP contribution in [-0.4, -0.2) is 12.1 Å². The van der Waals surface area contributed by atoms with Crippen molar-refractivity contribution in [3.05, 3.63) is 210 Å². The number of hydrogen-bond donors (Lipinski definition) is 0. The van der Waals surface area contributed by atoms with E-state index >= 15 is 0 Å². The standard InChI is InChI=1S/C59H53N/c1-3-59(4-2)57-39-43(31-36-54(57)55-38-35-50(41-58(55)59)60(48-21-10-6-11-22-48)49-23-12-7-13-24-49)28-27-42-29-32-46(33-30-42)56-40-47(44-17-8-5-9-18-44)34-37-53(56)52-26-16-20-45-19-14-15-25-51(45)52/h5-6,8-12,14-21,23,25-41,48-49H,3-4,7,13,22,24H2,1-2H3/b28-27+. The molecule has 3 aliphatic rings. The van der Waals surface area contributed by atoms with E-state index in [0.717, 1.165) is 19.3 Å². The zero-order chi connectivity index (χ0) is 40.5. The lowest BCUT2D eigenvalue weighted by atomic mass is 9.73. The van der Waals surface area contributed by atoms with Crippen LogP contribution in [0.4, 0.5) is 5.69 Å². The van der Waals surface area contributed by atoms with E-state index in [-0.39, 0.29) is 5.41 Å². The molecule has 0 radical (unpaired) electrons. The molecular formula is C59H53N. The van der Waals surface area contributed by atoms with Crippen molar-refractivity contribution in [3.63, 3.8) is 0 Å². The van der Waals surface area contributed by atoms with Gasteiger partial charge in [-0.3, -0.25) is 0 Å². The second kappa shape index (κ2) is 16.3. The normalized spacial score (nSPS) is 17.6. The second-order valence-electron chi connectivity index (χ2n) is 16.9. The first-order valence-corrected chi connectivity index (χ1v) is 22.2. The van der Waals surface area contributed by atoms with E-state index in [2.05, 4.69) is 219 Å². The fourth-order valence-corrected chi connectivity index (χ4v) is 10.5. The summed E-state index contributed by atoms with van der Waals surface area (Å²) in [6.45, 7) is 4.77. The molecule has 1 nitrogen and oxygen atoms in total. The first-order valence-electron chi connectivity index (χ1n) is 22.2. The average Bonchev–Trinajstić information content (AvgIpc) is 3.60. The number of benzene rings is 7. The highest BCUT2D eigenvalue weighted by atomic mass is 15.2. The van der Waals surface area contributed by atoms with Crippen molar-refractivity contribution in [2.45, 2.75) is 69.9 Å². The van der Waals surface area contributed by atoms with Gasteiger partial charge in [-0.15, -0.1) is 0 Å². The van der Waals surface area contributed by atoms with Crippen LogP contribution in [0.25, 0.3) is 67.4 Å².